The quantitative estimate of drug-likeness (QED) is 0.697. The van der Waals surface area contributed by atoms with Crippen molar-refractivity contribution >= 4 is 5.78 Å². The zero-order chi connectivity index (χ0) is 12.8. The Morgan fingerprint density at radius 3 is 2.25 bits per heavy atom. The standard InChI is InChI=1S/C13H26O3/c1-6-12(2,3)11(15)7-10-16-13(4,5)8-9-14/h14H,6-10H2,1-5H3. The average molecular weight is 230 g/mol. The molecule has 0 heterocycles. The van der Waals surface area contributed by atoms with Gasteiger partial charge in [0.05, 0.1) is 12.2 Å². The van der Waals surface area contributed by atoms with Gasteiger partial charge in [-0.2, -0.15) is 0 Å². The highest BCUT2D eigenvalue weighted by Crippen LogP contribution is 2.23. The van der Waals surface area contributed by atoms with E-state index in [1.165, 1.54) is 0 Å². The summed E-state index contributed by atoms with van der Waals surface area (Å²) in [4.78, 5) is 11.8. The van der Waals surface area contributed by atoms with Crippen molar-refractivity contribution in [3.63, 3.8) is 0 Å². The van der Waals surface area contributed by atoms with E-state index in [2.05, 4.69) is 0 Å². The van der Waals surface area contributed by atoms with Crippen molar-refractivity contribution < 1.29 is 14.6 Å². The van der Waals surface area contributed by atoms with Gasteiger partial charge < -0.3 is 9.84 Å². The predicted octanol–water partition coefficient (Wildman–Crippen LogP) is 2.56. The zero-order valence-electron chi connectivity index (χ0n) is 11.3. The molecule has 96 valence electrons. The molecule has 0 spiro atoms. The Hall–Kier alpha value is -0.410. The second-order valence-corrected chi connectivity index (χ2v) is 5.49. The van der Waals surface area contributed by atoms with Gasteiger partial charge in [0.15, 0.2) is 0 Å². The van der Waals surface area contributed by atoms with Crippen LogP contribution in [0.5, 0.6) is 0 Å². The topological polar surface area (TPSA) is 46.5 Å². The lowest BCUT2D eigenvalue weighted by molar-refractivity contribution is -0.130. The SMILES string of the molecule is CCC(C)(C)C(=O)CCOC(C)(C)CCO. The molecule has 0 aliphatic carbocycles. The molecule has 0 amide bonds. The van der Waals surface area contributed by atoms with Crippen molar-refractivity contribution in [2.24, 2.45) is 5.41 Å². The summed E-state index contributed by atoms with van der Waals surface area (Å²) in [6.45, 7) is 10.4. The van der Waals surface area contributed by atoms with Crippen molar-refractivity contribution in [2.45, 2.75) is 59.5 Å². The van der Waals surface area contributed by atoms with Crippen LogP contribution in [0.15, 0.2) is 0 Å². The Balaban J connectivity index is 3.95. The second-order valence-electron chi connectivity index (χ2n) is 5.49. The predicted molar refractivity (Wildman–Crippen MR) is 65.4 cm³/mol. The molecular formula is C13H26O3. The molecular weight excluding hydrogens is 204 g/mol. The summed E-state index contributed by atoms with van der Waals surface area (Å²) >= 11 is 0. The summed E-state index contributed by atoms with van der Waals surface area (Å²) in [6.07, 6.45) is 1.90. The third-order valence-electron chi connectivity index (χ3n) is 3.17. The van der Waals surface area contributed by atoms with Crippen LogP contribution in [0.4, 0.5) is 0 Å². The first-order valence-electron chi connectivity index (χ1n) is 6.03. The van der Waals surface area contributed by atoms with Crippen molar-refractivity contribution in [1.29, 1.82) is 0 Å². The smallest absolute Gasteiger partial charge is 0.140 e. The van der Waals surface area contributed by atoms with E-state index in [1.54, 1.807) is 0 Å². The van der Waals surface area contributed by atoms with E-state index >= 15 is 0 Å². The second kappa shape index (κ2) is 6.36. The van der Waals surface area contributed by atoms with E-state index in [4.69, 9.17) is 9.84 Å². The summed E-state index contributed by atoms with van der Waals surface area (Å²) in [5, 5.41) is 8.83. The highest BCUT2D eigenvalue weighted by Gasteiger charge is 2.25. The van der Waals surface area contributed by atoms with Crippen molar-refractivity contribution in [3.8, 4) is 0 Å². The first kappa shape index (κ1) is 15.6. The molecule has 0 aromatic rings. The zero-order valence-corrected chi connectivity index (χ0v) is 11.3. The molecule has 0 fully saturated rings. The maximum atomic E-state index is 11.8. The fraction of sp³-hybridized carbons (Fsp3) is 0.923. The van der Waals surface area contributed by atoms with Crippen LogP contribution in [-0.2, 0) is 9.53 Å². The third kappa shape index (κ3) is 5.61. The first-order chi connectivity index (χ1) is 7.25. The molecule has 0 saturated carbocycles. The number of hydrogen-bond donors (Lipinski definition) is 1. The Morgan fingerprint density at radius 1 is 1.25 bits per heavy atom. The summed E-state index contributed by atoms with van der Waals surface area (Å²) in [6, 6.07) is 0. The number of ether oxygens (including phenoxy) is 1. The minimum Gasteiger partial charge on any atom is -0.396 e. The fourth-order valence-electron chi connectivity index (χ4n) is 1.30. The lowest BCUT2D eigenvalue weighted by Gasteiger charge is -2.26. The molecule has 3 heteroatoms. The van der Waals surface area contributed by atoms with Gasteiger partial charge in [-0.3, -0.25) is 4.79 Å². The molecule has 0 aliphatic rings. The maximum Gasteiger partial charge on any atom is 0.140 e. The van der Waals surface area contributed by atoms with Crippen LogP contribution in [0.3, 0.4) is 0 Å². The number of Topliss-reactive ketones (excluding diaryl/α,β-unsaturated/α-hetero) is 1. The molecule has 0 unspecified atom stereocenters. The number of ketones is 1. The number of rotatable bonds is 8. The van der Waals surface area contributed by atoms with Gasteiger partial charge in [0.25, 0.3) is 0 Å². The van der Waals surface area contributed by atoms with Gasteiger partial charge >= 0.3 is 0 Å². The molecule has 16 heavy (non-hydrogen) atoms. The Bertz CT molecular complexity index is 219. The van der Waals surface area contributed by atoms with Gasteiger partial charge in [0, 0.05) is 18.4 Å². The van der Waals surface area contributed by atoms with E-state index in [1.807, 2.05) is 34.6 Å². The summed E-state index contributed by atoms with van der Waals surface area (Å²) in [5.41, 5.74) is -0.587. The first-order valence-corrected chi connectivity index (χ1v) is 6.03. The largest absolute Gasteiger partial charge is 0.396 e. The number of carbonyl (C=O) groups is 1. The third-order valence-corrected chi connectivity index (χ3v) is 3.17. The van der Waals surface area contributed by atoms with Crippen molar-refractivity contribution in [1.82, 2.24) is 0 Å². The van der Waals surface area contributed by atoms with Gasteiger partial charge in [0.2, 0.25) is 0 Å². The minimum absolute atomic E-state index is 0.112. The molecule has 0 bridgehead atoms. The minimum atomic E-state index is -0.342. The lowest BCUT2D eigenvalue weighted by Crippen LogP contribution is -2.29. The van der Waals surface area contributed by atoms with Gasteiger partial charge in [-0.1, -0.05) is 20.8 Å². The molecule has 0 aromatic carbocycles. The summed E-state index contributed by atoms with van der Waals surface area (Å²) in [7, 11) is 0. The number of aliphatic hydroxyl groups excluding tert-OH is 1. The van der Waals surface area contributed by atoms with Crippen LogP contribution < -0.4 is 0 Å². The molecule has 0 saturated heterocycles. The van der Waals surface area contributed by atoms with E-state index in [0.29, 0.717) is 19.4 Å². The number of hydrogen-bond acceptors (Lipinski definition) is 3. The van der Waals surface area contributed by atoms with Crippen LogP contribution in [0, 0.1) is 5.41 Å². The van der Waals surface area contributed by atoms with Crippen LogP contribution in [-0.4, -0.2) is 29.7 Å². The van der Waals surface area contributed by atoms with Crippen LogP contribution in [0.2, 0.25) is 0 Å². The number of carbonyl (C=O) groups excluding carboxylic acids is 1. The fourth-order valence-corrected chi connectivity index (χ4v) is 1.30. The average Bonchev–Trinajstić information content (AvgIpc) is 2.17. The van der Waals surface area contributed by atoms with E-state index in [0.717, 1.165) is 6.42 Å². The van der Waals surface area contributed by atoms with Gasteiger partial charge in [0.1, 0.15) is 5.78 Å². The normalized spacial score (nSPS) is 12.9. The maximum absolute atomic E-state index is 11.8. The number of aliphatic hydroxyl groups is 1. The van der Waals surface area contributed by atoms with Crippen molar-refractivity contribution in [2.75, 3.05) is 13.2 Å². The Labute approximate surface area is 99.2 Å². The lowest BCUT2D eigenvalue weighted by atomic mass is 9.84. The Morgan fingerprint density at radius 2 is 1.81 bits per heavy atom. The summed E-state index contributed by atoms with van der Waals surface area (Å²) in [5.74, 6) is 0.245. The highest BCUT2D eigenvalue weighted by molar-refractivity contribution is 5.84. The molecule has 1 N–H and O–H groups in total. The van der Waals surface area contributed by atoms with Gasteiger partial charge in [-0.05, 0) is 26.7 Å². The van der Waals surface area contributed by atoms with Crippen LogP contribution in [0.1, 0.15) is 53.9 Å². The van der Waals surface area contributed by atoms with E-state index in [-0.39, 0.29) is 23.4 Å². The summed E-state index contributed by atoms with van der Waals surface area (Å²) < 4.78 is 5.60. The molecule has 0 rings (SSSR count). The van der Waals surface area contributed by atoms with Crippen molar-refractivity contribution in [3.05, 3.63) is 0 Å². The van der Waals surface area contributed by atoms with E-state index in [9.17, 15) is 4.79 Å². The van der Waals surface area contributed by atoms with Crippen LogP contribution in [0.25, 0.3) is 0 Å². The van der Waals surface area contributed by atoms with Gasteiger partial charge in [-0.25, -0.2) is 0 Å². The molecule has 0 radical (unpaired) electrons. The molecule has 3 nitrogen and oxygen atoms in total. The Kier molecular flexibility index (Phi) is 6.19. The van der Waals surface area contributed by atoms with Gasteiger partial charge in [-0.15, -0.1) is 0 Å². The van der Waals surface area contributed by atoms with Crippen LogP contribution >= 0.6 is 0 Å². The highest BCUT2D eigenvalue weighted by atomic mass is 16.5. The monoisotopic (exact) mass is 230 g/mol. The molecule has 0 aromatic heterocycles. The van der Waals surface area contributed by atoms with E-state index < -0.39 is 0 Å². The molecule has 0 aliphatic heterocycles. The molecule has 0 atom stereocenters.